The number of rotatable bonds is 2. The van der Waals surface area contributed by atoms with E-state index in [-0.39, 0.29) is 5.78 Å². The summed E-state index contributed by atoms with van der Waals surface area (Å²) < 4.78 is 11.6. The summed E-state index contributed by atoms with van der Waals surface area (Å²) in [6.45, 7) is 1.01. The minimum Gasteiger partial charge on any atom is -0.486 e. The lowest BCUT2D eigenvalue weighted by atomic mass is 10.1. The third-order valence-corrected chi connectivity index (χ3v) is 4.70. The number of hydrogen-bond donors (Lipinski definition) is 0. The predicted molar refractivity (Wildman–Crippen MR) is 77.9 cm³/mol. The van der Waals surface area contributed by atoms with E-state index in [1.54, 1.807) is 23.6 Å². The lowest BCUT2D eigenvalue weighted by molar-refractivity contribution is 0.104. The third-order valence-electron chi connectivity index (χ3n) is 2.70. The van der Waals surface area contributed by atoms with E-state index in [0.717, 1.165) is 0 Å². The molecular formula is C13H8BrClO3S. The smallest absolute Gasteiger partial charge is 0.205 e. The Labute approximate surface area is 127 Å². The standard InChI is InChI=1S/C13H8BrClO3S/c14-8-6-11-10(17-2-3-18-11)5-7(8)12(16)13-9(15)1-4-19-13/h1,4-6H,2-3H2. The Morgan fingerprint density at radius 2 is 1.95 bits per heavy atom. The van der Waals surface area contributed by atoms with Gasteiger partial charge in [-0.2, -0.15) is 0 Å². The first-order valence-corrected chi connectivity index (χ1v) is 7.58. The summed E-state index contributed by atoms with van der Waals surface area (Å²) in [6.07, 6.45) is 0. The number of ether oxygens (including phenoxy) is 2. The minimum absolute atomic E-state index is 0.121. The van der Waals surface area contributed by atoms with Crippen LogP contribution in [0, 0.1) is 0 Å². The normalized spacial score (nSPS) is 13.4. The first-order chi connectivity index (χ1) is 9.16. The summed E-state index contributed by atoms with van der Waals surface area (Å²) in [7, 11) is 0. The minimum atomic E-state index is -0.121. The molecule has 0 saturated carbocycles. The number of carbonyl (C=O) groups is 1. The first-order valence-electron chi connectivity index (χ1n) is 5.53. The number of hydrogen-bond acceptors (Lipinski definition) is 4. The number of ketones is 1. The monoisotopic (exact) mass is 358 g/mol. The summed E-state index contributed by atoms with van der Waals surface area (Å²) in [5, 5.41) is 2.26. The number of carbonyl (C=O) groups excluding carboxylic acids is 1. The number of halogens is 2. The average molecular weight is 360 g/mol. The van der Waals surface area contributed by atoms with E-state index in [4.69, 9.17) is 21.1 Å². The highest BCUT2D eigenvalue weighted by molar-refractivity contribution is 9.10. The van der Waals surface area contributed by atoms with Crippen LogP contribution in [-0.2, 0) is 0 Å². The van der Waals surface area contributed by atoms with Gasteiger partial charge in [0.05, 0.1) is 9.90 Å². The van der Waals surface area contributed by atoms with Crippen LogP contribution in [-0.4, -0.2) is 19.0 Å². The van der Waals surface area contributed by atoms with Gasteiger partial charge in [-0.1, -0.05) is 11.6 Å². The highest BCUT2D eigenvalue weighted by atomic mass is 79.9. The predicted octanol–water partition coefficient (Wildman–Crippen LogP) is 4.17. The lowest BCUT2D eigenvalue weighted by Crippen LogP contribution is -2.16. The van der Waals surface area contributed by atoms with E-state index in [0.29, 0.717) is 44.6 Å². The van der Waals surface area contributed by atoms with Gasteiger partial charge >= 0.3 is 0 Å². The SMILES string of the molecule is O=C(c1cc2c(cc1Br)OCCO2)c1sccc1Cl. The Bertz CT molecular complexity index is 653. The molecule has 0 bridgehead atoms. The summed E-state index contributed by atoms with van der Waals surface area (Å²) in [4.78, 5) is 13.0. The molecule has 1 aromatic heterocycles. The molecule has 0 amide bonds. The molecule has 19 heavy (non-hydrogen) atoms. The van der Waals surface area contributed by atoms with Crippen molar-refractivity contribution in [2.24, 2.45) is 0 Å². The van der Waals surface area contributed by atoms with Gasteiger partial charge < -0.3 is 9.47 Å². The van der Waals surface area contributed by atoms with E-state index in [1.807, 2.05) is 0 Å². The summed E-state index contributed by atoms with van der Waals surface area (Å²) in [6, 6.07) is 5.16. The van der Waals surface area contributed by atoms with Crippen LogP contribution in [0.25, 0.3) is 0 Å². The Hall–Kier alpha value is -1.04. The zero-order valence-corrected chi connectivity index (χ0v) is 12.8. The van der Waals surface area contributed by atoms with Crippen molar-refractivity contribution in [1.29, 1.82) is 0 Å². The van der Waals surface area contributed by atoms with Crippen molar-refractivity contribution in [3.8, 4) is 11.5 Å². The number of fused-ring (bicyclic) bond motifs is 1. The molecule has 0 spiro atoms. The van der Waals surface area contributed by atoms with Gasteiger partial charge in [0.2, 0.25) is 5.78 Å². The molecule has 1 aliphatic rings. The van der Waals surface area contributed by atoms with Crippen LogP contribution in [0.1, 0.15) is 15.2 Å². The molecule has 1 aromatic carbocycles. The van der Waals surface area contributed by atoms with Crippen molar-refractivity contribution >= 4 is 44.7 Å². The van der Waals surface area contributed by atoms with Crippen molar-refractivity contribution in [2.75, 3.05) is 13.2 Å². The second kappa shape index (κ2) is 5.15. The van der Waals surface area contributed by atoms with Gasteiger partial charge in [0.1, 0.15) is 13.2 Å². The summed E-state index contributed by atoms with van der Waals surface area (Å²) in [5.74, 6) is 1.11. The van der Waals surface area contributed by atoms with Gasteiger partial charge in [-0.3, -0.25) is 4.79 Å². The van der Waals surface area contributed by atoms with Crippen molar-refractivity contribution in [3.05, 3.63) is 43.5 Å². The fraction of sp³-hybridized carbons (Fsp3) is 0.154. The lowest BCUT2D eigenvalue weighted by Gasteiger charge is -2.19. The summed E-state index contributed by atoms with van der Waals surface area (Å²) >= 11 is 10.7. The maximum atomic E-state index is 12.4. The van der Waals surface area contributed by atoms with Gasteiger partial charge in [0, 0.05) is 10.0 Å². The van der Waals surface area contributed by atoms with Crippen LogP contribution in [0.5, 0.6) is 11.5 Å². The van der Waals surface area contributed by atoms with Crippen molar-refractivity contribution < 1.29 is 14.3 Å². The van der Waals surface area contributed by atoms with E-state index >= 15 is 0 Å². The van der Waals surface area contributed by atoms with Crippen LogP contribution < -0.4 is 9.47 Å². The third kappa shape index (κ3) is 2.38. The Kier molecular flexibility index (Phi) is 3.52. The van der Waals surface area contributed by atoms with E-state index < -0.39 is 0 Å². The molecule has 0 aliphatic carbocycles. The fourth-order valence-electron chi connectivity index (χ4n) is 1.82. The van der Waals surface area contributed by atoms with Crippen LogP contribution in [0.3, 0.4) is 0 Å². The van der Waals surface area contributed by atoms with Gasteiger partial charge in [0.15, 0.2) is 11.5 Å². The van der Waals surface area contributed by atoms with Gasteiger partial charge in [-0.05, 0) is 39.5 Å². The molecule has 2 aromatic rings. The molecule has 0 saturated heterocycles. The maximum absolute atomic E-state index is 12.4. The molecule has 0 fully saturated rings. The second-order valence-electron chi connectivity index (χ2n) is 3.90. The Morgan fingerprint density at radius 1 is 1.26 bits per heavy atom. The van der Waals surface area contributed by atoms with Crippen molar-refractivity contribution in [3.63, 3.8) is 0 Å². The quantitative estimate of drug-likeness (QED) is 0.755. The summed E-state index contributed by atoms with van der Waals surface area (Å²) in [5.41, 5.74) is 0.522. The van der Waals surface area contributed by atoms with Gasteiger partial charge in [-0.15, -0.1) is 11.3 Å². The molecule has 3 nitrogen and oxygen atoms in total. The molecule has 6 heteroatoms. The topological polar surface area (TPSA) is 35.5 Å². The number of thiophene rings is 1. The second-order valence-corrected chi connectivity index (χ2v) is 6.08. The molecular weight excluding hydrogens is 352 g/mol. The van der Waals surface area contributed by atoms with Crippen LogP contribution in [0.2, 0.25) is 5.02 Å². The zero-order valence-electron chi connectivity index (χ0n) is 9.61. The Balaban J connectivity index is 2.06. The van der Waals surface area contributed by atoms with Gasteiger partial charge in [-0.25, -0.2) is 0 Å². The van der Waals surface area contributed by atoms with Crippen LogP contribution in [0.4, 0.5) is 0 Å². The first kappa shape index (κ1) is 13.0. The highest BCUT2D eigenvalue weighted by Crippen LogP contribution is 2.37. The van der Waals surface area contributed by atoms with Crippen molar-refractivity contribution in [1.82, 2.24) is 0 Å². The maximum Gasteiger partial charge on any atom is 0.205 e. The van der Waals surface area contributed by atoms with E-state index in [2.05, 4.69) is 15.9 Å². The van der Waals surface area contributed by atoms with E-state index in [9.17, 15) is 4.79 Å². The van der Waals surface area contributed by atoms with Gasteiger partial charge in [0.25, 0.3) is 0 Å². The van der Waals surface area contributed by atoms with Crippen LogP contribution >= 0.6 is 38.9 Å². The zero-order chi connectivity index (χ0) is 13.4. The molecule has 0 radical (unpaired) electrons. The average Bonchev–Trinajstić information content (AvgIpc) is 2.83. The largest absolute Gasteiger partial charge is 0.486 e. The Morgan fingerprint density at radius 3 is 2.58 bits per heavy atom. The van der Waals surface area contributed by atoms with Crippen LogP contribution in [0.15, 0.2) is 28.1 Å². The molecule has 3 rings (SSSR count). The number of benzene rings is 1. The molecule has 98 valence electrons. The molecule has 0 N–H and O–H groups in total. The van der Waals surface area contributed by atoms with Crippen molar-refractivity contribution in [2.45, 2.75) is 0 Å². The molecule has 1 aliphatic heterocycles. The molecule has 0 unspecified atom stereocenters. The fourth-order valence-corrected chi connectivity index (χ4v) is 3.41. The molecule has 2 heterocycles. The van der Waals surface area contributed by atoms with E-state index in [1.165, 1.54) is 11.3 Å². The highest BCUT2D eigenvalue weighted by Gasteiger charge is 2.21. The molecule has 0 atom stereocenters.